The number of ketones is 1. The van der Waals surface area contributed by atoms with Crippen molar-refractivity contribution in [2.45, 2.75) is 40.0 Å². The Hall–Kier alpha value is -0.860. The summed E-state index contributed by atoms with van der Waals surface area (Å²) >= 11 is 0. The van der Waals surface area contributed by atoms with E-state index in [1.165, 1.54) is 0 Å². The number of carbonyl (C=O) groups is 2. The maximum absolute atomic E-state index is 11.3. The van der Waals surface area contributed by atoms with Crippen molar-refractivity contribution in [1.82, 2.24) is 5.32 Å². The average molecular weight is 185 g/mol. The normalized spacial score (nSPS) is 11.1. The van der Waals surface area contributed by atoms with Crippen LogP contribution >= 0.6 is 0 Å². The smallest absolute Gasteiger partial charge is 0.225 e. The minimum Gasteiger partial charge on any atom is -0.359 e. The second kappa shape index (κ2) is 5.00. The van der Waals surface area contributed by atoms with Crippen molar-refractivity contribution in [2.75, 3.05) is 7.05 Å². The van der Waals surface area contributed by atoms with Crippen molar-refractivity contribution in [3.05, 3.63) is 0 Å². The molecule has 76 valence electrons. The first-order chi connectivity index (χ1) is 5.94. The molecule has 13 heavy (non-hydrogen) atoms. The highest BCUT2D eigenvalue weighted by molar-refractivity contribution is 5.83. The summed E-state index contributed by atoms with van der Waals surface area (Å²) in [6.45, 7) is 5.55. The fraction of sp³-hybridized carbons (Fsp3) is 0.800. The first-order valence-corrected chi connectivity index (χ1v) is 4.68. The Morgan fingerprint density at radius 1 is 1.31 bits per heavy atom. The van der Waals surface area contributed by atoms with Crippen molar-refractivity contribution >= 4 is 11.7 Å². The molecular formula is C10H19NO2. The number of hydrogen-bond acceptors (Lipinski definition) is 2. The lowest BCUT2D eigenvalue weighted by Gasteiger charge is -2.21. The molecule has 3 heteroatoms. The molecule has 0 aromatic carbocycles. The summed E-state index contributed by atoms with van der Waals surface area (Å²) < 4.78 is 0. The topological polar surface area (TPSA) is 46.2 Å². The average Bonchev–Trinajstić information content (AvgIpc) is 2.12. The van der Waals surface area contributed by atoms with Crippen LogP contribution in [0.2, 0.25) is 0 Å². The van der Waals surface area contributed by atoms with Crippen LogP contribution in [0.25, 0.3) is 0 Å². The van der Waals surface area contributed by atoms with Crippen LogP contribution in [0.1, 0.15) is 40.0 Å². The van der Waals surface area contributed by atoms with E-state index in [-0.39, 0.29) is 11.7 Å². The summed E-state index contributed by atoms with van der Waals surface area (Å²) in [5, 5.41) is 2.60. The van der Waals surface area contributed by atoms with Crippen LogP contribution in [0.5, 0.6) is 0 Å². The Kier molecular flexibility index (Phi) is 4.67. The SMILES string of the molecule is CCC(=O)CCC(C)(C)C(=O)NC. The third kappa shape index (κ3) is 4.06. The van der Waals surface area contributed by atoms with Gasteiger partial charge in [0, 0.05) is 25.3 Å². The highest BCUT2D eigenvalue weighted by atomic mass is 16.2. The van der Waals surface area contributed by atoms with Crippen LogP contribution in [0.3, 0.4) is 0 Å². The van der Waals surface area contributed by atoms with E-state index in [2.05, 4.69) is 5.32 Å². The van der Waals surface area contributed by atoms with Gasteiger partial charge < -0.3 is 5.32 Å². The van der Waals surface area contributed by atoms with E-state index in [0.717, 1.165) is 0 Å². The largest absolute Gasteiger partial charge is 0.359 e. The molecule has 0 aliphatic heterocycles. The summed E-state index contributed by atoms with van der Waals surface area (Å²) in [6.07, 6.45) is 1.68. The molecule has 0 fully saturated rings. The number of nitrogens with one attached hydrogen (secondary N) is 1. The van der Waals surface area contributed by atoms with Gasteiger partial charge in [-0.15, -0.1) is 0 Å². The fourth-order valence-corrected chi connectivity index (χ4v) is 1.08. The van der Waals surface area contributed by atoms with Crippen molar-refractivity contribution in [3.8, 4) is 0 Å². The van der Waals surface area contributed by atoms with Gasteiger partial charge in [-0.05, 0) is 6.42 Å². The van der Waals surface area contributed by atoms with Crippen molar-refractivity contribution in [3.63, 3.8) is 0 Å². The van der Waals surface area contributed by atoms with E-state index < -0.39 is 5.41 Å². The molecule has 0 atom stereocenters. The number of rotatable bonds is 5. The number of hydrogen-bond donors (Lipinski definition) is 1. The summed E-state index contributed by atoms with van der Waals surface area (Å²) in [4.78, 5) is 22.3. The van der Waals surface area contributed by atoms with Gasteiger partial charge in [0.25, 0.3) is 0 Å². The van der Waals surface area contributed by atoms with Gasteiger partial charge in [-0.1, -0.05) is 20.8 Å². The zero-order valence-corrected chi connectivity index (χ0v) is 8.94. The molecule has 0 unspecified atom stereocenters. The van der Waals surface area contributed by atoms with E-state index in [4.69, 9.17) is 0 Å². The third-order valence-electron chi connectivity index (χ3n) is 2.26. The molecule has 0 radical (unpaired) electrons. The molecule has 0 aromatic heterocycles. The molecule has 0 spiro atoms. The lowest BCUT2D eigenvalue weighted by molar-refractivity contribution is -0.129. The van der Waals surface area contributed by atoms with Crippen LogP contribution < -0.4 is 5.32 Å². The van der Waals surface area contributed by atoms with Crippen LogP contribution in [0.15, 0.2) is 0 Å². The van der Waals surface area contributed by atoms with E-state index in [1.54, 1.807) is 7.05 Å². The Morgan fingerprint density at radius 3 is 2.23 bits per heavy atom. The zero-order valence-electron chi connectivity index (χ0n) is 8.94. The summed E-state index contributed by atoms with van der Waals surface area (Å²) in [6, 6.07) is 0. The lowest BCUT2D eigenvalue weighted by Crippen LogP contribution is -2.34. The predicted octanol–water partition coefficient (Wildman–Crippen LogP) is 1.52. The molecule has 1 amide bonds. The van der Waals surface area contributed by atoms with E-state index in [1.807, 2.05) is 20.8 Å². The molecule has 1 N–H and O–H groups in total. The Bertz CT molecular complexity index is 197. The second-order valence-electron chi connectivity index (χ2n) is 3.86. The maximum atomic E-state index is 11.3. The van der Waals surface area contributed by atoms with Crippen molar-refractivity contribution < 1.29 is 9.59 Å². The van der Waals surface area contributed by atoms with Crippen LogP contribution in [-0.2, 0) is 9.59 Å². The second-order valence-corrected chi connectivity index (χ2v) is 3.86. The molecule has 0 saturated heterocycles. The minimum atomic E-state index is -0.431. The van der Waals surface area contributed by atoms with Crippen LogP contribution in [0, 0.1) is 5.41 Å². The third-order valence-corrected chi connectivity index (χ3v) is 2.26. The summed E-state index contributed by atoms with van der Waals surface area (Å²) in [7, 11) is 1.62. The summed E-state index contributed by atoms with van der Waals surface area (Å²) in [5.74, 6) is 0.216. The van der Waals surface area contributed by atoms with Gasteiger partial charge in [-0.2, -0.15) is 0 Å². The van der Waals surface area contributed by atoms with E-state index in [9.17, 15) is 9.59 Å². The standard InChI is InChI=1S/C10H19NO2/c1-5-8(12)6-7-10(2,3)9(13)11-4/h5-7H2,1-4H3,(H,11,13). The van der Waals surface area contributed by atoms with Crippen LogP contribution in [0.4, 0.5) is 0 Å². The van der Waals surface area contributed by atoms with E-state index in [0.29, 0.717) is 19.3 Å². The quantitative estimate of drug-likeness (QED) is 0.705. The molecule has 0 aliphatic carbocycles. The molecular weight excluding hydrogens is 166 g/mol. The van der Waals surface area contributed by atoms with Gasteiger partial charge in [-0.25, -0.2) is 0 Å². The summed E-state index contributed by atoms with van der Waals surface area (Å²) in [5.41, 5.74) is -0.431. The first kappa shape index (κ1) is 12.1. The van der Waals surface area contributed by atoms with Gasteiger partial charge in [0.2, 0.25) is 5.91 Å². The zero-order chi connectivity index (χ0) is 10.5. The molecule has 0 heterocycles. The Morgan fingerprint density at radius 2 is 1.85 bits per heavy atom. The van der Waals surface area contributed by atoms with Crippen molar-refractivity contribution in [1.29, 1.82) is 0 Å². The Labute approximate surface area is 79.9 Å². The Balaban J connectivity index is 4.03. The lowest BCUT2D eigenvalue weighted by atomic mass is 9.86. The van der Waals surface area contributed by atoms with Gasteiger partial charge in [0.1, 0.15) is 5.78 Å². The number of amides is 1. The van der Waals surface area contributed by atoms with Gasteiger partial charge in [0.05, 0.1) is 0 Å². The highest BCUT2D eigenvalue weighted by Gasteiger charge is 2.26. The molecule has 0 saturated carbocycles. The van der Waals surface area contributed by atoms with Gasteiger partial charge in [-0.3, -0.25) is 9.59 Å². The monoisotopic (exact) mass is 185 g/mol. The number of carbonyl (C=O) groups excluding carboxylic acids is 2. The minimum absolute atomic E-state index is 0.00333. The van der Waals surface area contributed by atoms with E-state index >= 15 is 0 Å². The first-order valence-electron chi connectivity index (χ1n) is 4.68. The molecule has 3 nitrogen and oxygen atoms in total. The van der Waals surface area contributed by atoms with Gasteiger partial charge >= 0.3 is 0 Å². The fourth-order valence-electron chi connectivity index (χ4n) is 1.08. The maximum Gasteiger partial charge on any atom is 0.225 e. The predicted molar refractivity (Wildman–Crippen MR) is 52.4 cm³/mol. The molecule has 0 rings (SSSR count). The highest BCUT2D eigenvalue weighted by Crippen LogP contribution is 2.22. The number of Topliss-reactive ketones (excluding diaryl/α,β-unsaturated/α-hetero) is 1. The van der Waals surface area contributed by atoms with Crippen molar-refractivity contribution in [2.24, 2.45) is 5.41 Å². The molecule has 0 aromatic rings. The molecule has 0 bridgehead atoms. The van der Waals surface area contributed by atoms with Gasteiger partial charge in [0.15, 0.2) is 0 Å². The van der Waals surface area contributed by atoms with Crippen LogP contribution in [-0.4, -0.2) is 18.7 Å². The molecule has 0 aliphatic rings.